The molecule has 0 saturated heterocycles. The van der Waals surface area contributed by atoms with E-state index < -0.39 is 0 Å². The van der Waals surface area contributed by atoms with Gasteiger partial charge in [0, 0.05) is 23.8 Å². The summed E-state index contributed by atoms with van der Waals surface area (Å²) >= 11 is 0. The summed E-state index contributed by atoms with van der Waals surface area (Å²) in [5.74, 6) is 0.906. The van der Waals surface area contributed by atoms with Gasteiger partial charge in [-0.1, -0.05) is 56.9 Å². The van der Waals surface area contributed by atoms with Crippen molar-refractivity contribution in [3.8, 4) is 17.0 Å². The van der Waals surface area contributed by atoms with E-state index in [1.54, 1.807) is 7.11 Å². The van der Waals surface area contributed by atoms with Crippen molar-refractivity contribution >= 4 is 5.78 Å². The molecule has 0 bridgehead atoms. The third-order valence-corrected chi connectivity index (χ3v) is 5.18. The molecular weight excluding hydrogens is 370 g/mol. The molecule has 0 amide bonds. The lowest BCUT2D eigenvalue weighted by atomic mass is 9.79. The van der Waals surface area contributed by atoms with Gasteiger partial charge >= 0.3 is 0 Å². The summed E-state index contributed by atoms with van der Waals surface area (Å²) in [6, 6.07) is 11.9. The van der Waals surface area contributed by atoms with Gasteiger partial charge in [-0.3, -0.25) is 9.78 Å². The van der Waals surface area contributed by atoms with Gasteiger partial charge in [0.15, 0.2) is 5.78 Å². The van der Waals surface area contributed by atoms with E-state index in [9.17, 15) is 4.79 Å². The van der Waals surface area contributed by atoms with Gasteiger partial charge < -0.3 is 4.74 Å². The van der Waals surface area contributed by atoms with Crippen molar-refractivity contribution in [2.75, 3.05) is 7.11 Å². The van der Waals surface area contributed by atoms with Crippen LogP contribution in [0.2, 0.25) is 0 Å². The lowest BCUT2D eigenvalue weighted by molar-refractivity contribution is -0.116. The van der Waals surface area contributed by atoms with Crippen LogP contribution in [-0.4, -0.2) is 17.9 Å². The fourth-order valence-corrected chi connectivity index (χ4v) is 3.02. The molecule has 0 saturated carbocycles. The number of hydrogen-bond acceptors (Lipinski definition) is 3. The summed E-state index contributed by atoms with van der Waals surface area (Å²) in [6.07, 6.45) is 7.75. The topological polar surface area (TPSA) is 39.2 Å². The maximum absolute atomic E-state index is 12.9. The molecule has 1 heterocycles. The van der Waals surface area contributed by atoms with E-state index in [0.717, 1.165) is 33.7 Å². The molecule has 0 aliphatic heterocycles. The number of ketones is 1. The fraction of sp³-hybridized carbons (Fsp3) is 0.259. The Morgan fingerprint density at radius 1 is 1.10 bits per heavy atom. The normalized spacial score (nSPS) is 12.1. The number of Topliss-reactive ketones (excluding diaryl/α,β-unsaturated/α-hetero) is 1. The van der Waals surface area contributed by atoms with Gasteiger partial charge in [-0.25, -0.2) is 0 Å². The van der Waals surface area contributed by atoms with Crippen LogP contribution in [-0.2, 0) is 10.2 Å². The molecular formula is C27H31NO2. The Kier molecular flexibility index (Phi) is 7.71. The second-order valence-corrected chi connectivity index (χ2v) is 8.03. The number of aromatic nitrogens is 1. The van der Waals surface area contributed by atoms with Crippen LogP contribution in [0.25, 0.3) is 11.3 Å². The lowest BCUT2D eigenvalue weighted by Crippen LogP contribution is -2.22. The van der Waals surface area contributed by atoms with Crippen LogP contribution in [0.3, 0.4) is 0 Å². The number of rotatable bonds is 9. The van der Waals surface area contributed by atoms with Crippen LogP contribution in [0.5, 0.6) is 5.75 Å². The van der Waals surface area contributed by atoms with Gasteiger partial charge in [-0.2, -0.15) is 0 Å². The predicted octanol–water partition coefficient (Wildman–Crippen LogP) is 6.63. The third-order valence-electron chi connectivity index (χ3n) is 5.18. The minimum absolute atomic E-state index is 0.0903. The van der Waals surface area contributed by atoms with Gasteiger partial charge in [-0.15, -0.1) is 0 Å². The number of pyridine rings is 1. The Bertz CT molecular complexity index is 975. The highest BCUT2D eigenvalue weighted by Gasteiger charge is 2.25. The Morgan fingerprint density at radius 2 is 1.77 bits per heavy atom. The first-order chi connectivity index (χ1) is 14.2. The molecule has 0 radical (unpaired) electrons. The highest BCUT2D eigenvalue weighted by molar-refractivity contribution is 5.98. The number of hydrogen-bond donors (Lipinski definition) is 0. The maximum atomic E-state index is 12.9. The number of ether oxygens (including phenoxy) is 1. The number of carbonyl (C=O) groups is 1. The minimum atomic E-state index is -0.337. The smallest absolute Gasteiger partial charge is 0.163 e. The third kappa shape index (κ3) is 5.90. The van der Waals surface area contributed by atoms with Gasteiger partial charge in [0.25, 0.3) is 0 Å². The quantitative estimate of drug-likeness (QED) is 0.350. The van der Waals surface area contributed by atoms with Crippen molar-refractivity contribution in [1.29, 1.82) is 0 Å². The molecule has 1 aromatic carbocycles. The van der Waals surface area contributed by atoms with Crippen molar-refractivity contribution in [2.45, 2.75) is 39.5 Å². The first-order valence-corrected chi connectivity index (χ1v) is 10.0. The highest BCUT2D eigenvalue weighted by atomic mass is 16.5. The average Bonchev–Trinajstić information content (AvgIpc) is 2.73. The predicted molar refractivity (Wildman–Crippen MR) is 126 cm³/mol. The standard InChI is InChI=1S/C27H31NO2/c1-8-21(10-9-20(4)19(2)3)26(29)17-27(5,6)23-13-16-25(28-18-23)22-11-14-24(30-7)15-12-22/h8-16,18H,2,4,17H2,1,3,5-7H3/b10-9-,21-8+. The molecule has 0 aliphatic carbocycles. The second kappa shape index (κ2) is 10.0. The van der Waals surface area contributed by atoms with Crippen molar-refractivity contribution in [3.63, 3.8) is 0 Å². The number of carbonyl (C=O) groups excluding carboxylic acids is 1. The second-order valence-electron chi connectivity index (χ2n) is 8.03. The first kappa shape index (κ1) is 23.1. The van der Waals surface area contributed by atoms with E-state index in [1.165, 1.54) is 0 Å². The summed E-state index contributed by atoms with van der Waals surface area (Å²) < 4.78 is 5.21. The Labute approximate surface area is 180 Å². The Balaban J connectivity index is 2.14. The van der Waals surface area contributed by atoms with Crippen molar-refractivity contribution < 1.29 is 9.53 Å². The molecule has 2 aromatic rings. The van der Waals surface area contributed by atoms with Crippen molar-refractivity contribution in [3.05, 3.63) is 96.3 Å². The van der Waals surface area contributed by atoms with Crippen LogP contribution in [0.1, 0.15) is 39.7 Å². The molecule has 3 nitrogen and oxygen atoms in total. The molecule has 0 spiro atoms. The molecule has 0 N–H and O–H groups in total. The van der Waals surface area contributed by atoms with Gasteiger partial charge in [-0.05, 0) is 60.7 Å². The summed E-state index contributed by atoms with van der Waals surface area (Å²) in [5, 5.41) is 0. The van der Waals surface area contributed by atoms with Crippen LogP contribution < -0.4 is 4.74 Å². The fourth-order valence-electron chi connectivity index (χ4n) is 3.02. The van der Waals surface area contributed by atoms with Gasteiger partial charge in [0.1, 0.15) is 5.75 Å². The largest absolute Gasteiger partial charge is 0.497 e. The molecule has 0 fully saturated rings. The SMILES string of the molecule is C=C(C)C(=C)/C=C\C(=C/C)C(=O)CC(C)(C)c1ccc(-c2ccc(OC)cc2)nc1. The number of methoxy groups -OCH3 is 1. The lowest BCUT2D eigenvalue weighted by Gasteiger charge is -2.24. The van der Waals surface area contributed by atoms with E-state index in [0.29, 0.717) is 12.0 Å². The molecule has 0 unspecified atom stereocenters. The summed E-state index contributed by atoms with van der Waals surface area (Å²) in [5.41, 5.74) is 4.98. The molecule has 0 aliphatic rings. The van der Waals surface area contributed by atoms with Crippen LogP contribution in [0.15, 0.2) is 90.7 Å². The van der Waals surface area contributed by atoms with E-state index >= 15 is 0 Å². The number of benzene rings is 1. The molecule has 0 atom stereocenters. The summed E-state index contributed by atoms with van der Waals surface area (Å²) in [6.45, 7) is 15.7. The number of allylic oxidation sites excluding steroid dienone is 6. The van der Waals surface area contributed by atoms with E-state index in [-0.39, 0.29) is 11.2 Å². The zero-order valence-electron chi connectivity index (χ0n) is 18.7. The first-order valence-electron chi connectivity index (χ1n) is 10.0. The van der Waals surface area contributed by atoms with Gasteiger partial charge in [0.2, 0.25) is 0 Å². The van der Waals surface area contributed by atoms with Crippen LogP contribution in [0, 0.1) is 0 Å². The zero-order valence-corrected chi connectivity index (χ0v) is 18.7. The van der Waals surface area contributed by atoms with Crippen molar-refractivity contribution in [1.82, 2.24) is 4.98 Å². The van der Waals surface area contributed by atoms with Crippen LogP contribution >= 0.6 is 0 Å². The van der Waals surface area contributed by atoms with Crippen LogP contribution in [0.4, 0.5) is 0 Å². The van der Waals surface area contributed by atoms with E-state index in [4.69, 9.17) is 4.74 Å². The molecule has 30 heavy (non-hydrogen) atoms. The van der Waals surface area contributed by atoms with E-state index in [2.05, 4.69) is 32.0 Å². The Morgan fingerprint density at radius 3 is 2.27 bits per heavy atom. The van der Waals surface area contributed by atoms with Crippen molar-refractivity contribution in [2.24, 2.45) is 0 Å². The molecule has 156 valence electrons. The molecule has 2 rings (SSSR count). The number of nitrogens with zero attached hydrogens (tertiary/aromatic N) is 1. The molecule has 1 aromatic heterocycles. The van der Waals surface area contributed by atoms with Gasteiger partial charge in [0.05, 0.1) is 12.8 Å². The maximum Gasteiger partial charge on any atom is 0.163 e. The molecule has 3 heteroatoms. The average molecular weight is 402 g/mol. The Hall–Kier alpha value is -3.20. The summed E-state index contributed by atoms with van der Waals surface area (Å²) in [4.78, 5) is 17.5. The monoisotopic (exact) mass is 401 g/mol. The zero-order chi connectivity index (χ0) is 22.3. The minimum Gasteiger partial charge on any atom is -0.497 e. The highest BCUT2D eigenvalue weighted by Crippen LogP contribution is 2.30. The summed E-state index contributed by atoms with van der Waals surface area (Å²) in [7, 11) is 1.65. The van der Waals surface area contributed by atoms with E-state index in [1.807, 2.05) is 74.7 Å².